The molecule has 18 heavy (non-hydrogen) atoms. The minimum absolute atomic E-state index is 0.0931. The number of amides is 2. The van der Waals surface area contributed by atoms with Crippen molar-refractivity contribution in [3.63, 3.8) is 0 Å². The molecule has 0 aromatic rings. The standard InChI is InChI=1S/C12H22N2O4/c1-12(2)3-6-14(7-4-12)11(17)13-5-8-18-9-10(15)16/h3-9H2,1-2H3,(H,13,17)(H,15,16). The molecule has 0 bridgehead atoms. The molecule has 0 unspecified atom stereocenters. The number of carboxylic acid groups (broad SMARTS) is 1. The minimum Gasteiger partial charge on any atom is -0.480 e. The molecule has 0 aromatic heterocycles. The Balaban J connectivity index is 2.12. The summed E-state index contributed by atoms with van der Waals surface area (Å²) in [4.78, 5) is 23.7. The number of aliphatic carboxylic acids is 1. The molecule has 1 aliphatic rings. The number of hydrogen-bond donors (Lipinski definition) is 2. The Morgan fingerprint density at radius 3 is 2.50 bits per heavy atom. The zero-order valence-corrected chi connectivity index (χ0v) is 11.1. The largest absolute Gasteiger partial charge is 0.480 e. The molecule has 0 aliphatic carbocycles. The van der Waals surface area contributed by atoms with E-state index in [9.17, 15) is 9.59 Å². The lowest BCUT2D eigenvalue weighted by atomic mass is 9.83. The SMILES string of the molecule is CC1(C)CCN(C(=O)NCCOCC(=O)O)CC1. The van der Waals surface area contributed by atoms with Crippen LogP contribution in [-0.4, -0.2) is 54.9 Å². The molecule has 2 amide bonds. The van der Waals surface area contributed by atoms with E-state index in [2.05, 4.69) is 19.2 Å². The van der Waals surface area contributed by atoms with E-state index >= 15 is 0 Å². The molecule has 1 rings (SSSR count). The fourth-order valence-corrected chi connectivity index (χ4v) is 1.82. The van der Waals surface area contributed by atoms with Gasteiger partial charge in [0.15, 0.2) is 0 Å². The molecule has 6 heteroatoms. The number of rotatable bonds is 5. The van der Waals surface area contributed by atoms with E-state index in [-0.39, 0.29) is 19.2 Å². The number of nitrogens with one attached hydrogen (secondary N) is 1. The van der Waals surface area contributed by atoms with E-state index in [1.165, 1.54) is 0 Å². The van der Waals surface area contributed by atoms with Gasteiger partial charge in [-0.15, -0.1) is 0 Å². The lowest BCUT2D eigenvalue weighted by molar-refractivity contribution is -0.142. The lowest BCUT2D eigenvalue weighted by Gasteiger charge is -2.36. The maximum atomic E-state index is 11.7. The fraction of sp³-hybridized carbons (Fsp3) is 0.833. The predicted octanol–water partition coefficient (Wildman–Crippen LogP) is 0.919. The number of hydrogen-bond acceptors (Lipinski definition) is 3. The van der Waals surface area contributed by atoms with Gasteiger partial charge in [-0.1, -0.05) is 13.8 Å². The summed E-state index contributed by atoms with van der Waals surface area (Å²) in [5, 5.41) is 11.1. The number of likely N-dealkylation sites (tertiary alicyclic amines) is 1. The summed E-state index contributed by atoms with van der Waals surface area (Å²) in [6.07, 6.45) is 2.02. The maximum absolute atomic E-state index is 11.7. The second-order valence-corrected chi connectivity index (χ2v) is 5.33. The van der Waals surface area contributed by atoms with Crippen molar-refractivity contribution in [1.29, 1.82) is 0 Å². The zero-order valence-electron chi connectivity index (χ0n) is 11.1. The summed E-state index contributed by atoms with van der Waals surface area (Å²) in [7, 11) is 0. The Kier molecular flexibility index (Phi) is 5.40. The van der Waals surface area contributed by atoms with E-state index < -0.39 is 5.97 Å². The first-order chi connectivity index (χ1) is 8.41. The van der Waals surface area contributed by atoms with Crippen molar-refractivity contribution < 1.29 is 19.4 Å². The van der Waals surface area contributed by atoms with Crippen LogP contribution in [0.25, 0.3) is 0 Å². The highest BCUT2D eigenvalue weighted by Crippen LogP contribution is 2.29. The number of carboxylic acids is 1. The van der Waals surface area contributed by atoms with Crippen LogP contribution >= 0.6 is 0 Å². The number of ether oxygens (including phenoxy) is 1. The van der Waals surface area contributed by atoms with Crippen LogP contribution in [0.1, 0.15) is 26.7 Å². The van der Waals surface area contributed by atoms with Crippen molar-refractivity contribution in [1.82, 2.24) is 10.2 Å². The first-order valence-electron chi connectivity index (χ1n) is 6.23. The second-order valence-electron chi connectivity index (χ2n) is 5.33. The van der Waals surface area contributed by atoms with Crippen LogP contribution < -0.4 is 5.32 Å². The normalized spacial score (nSPS) is 18.4. The number of nitrogens with zero attached hydrogens (tertiary/aromatic N) is 1. The van der Waals surface area contributed by atoms with E-state index in [0.717, 1.165) is 25.9 Å². The summed E-state index contributed by atoms with van der Waals surface area (Å²) >= 11 is 0. The Morgan fingerprint density at radius 2 is 1.94 bits per heavy atom. The maximum Gasteiger partial charge on any atom is 0.329 e. The third-order valence-electron chi connectivity index (χ3n) is 3.15. The van der Waals surface area contributed by atoms with Gasteiger partial charge in [-0.3, -0.25) is 0 Å². The van der Waals surface area contributed by atoms with Crippen LogP contribution in [0.5, 0.6) is 0 Å². The third kappa shape index (κ3) is 5.35. The molecular formula is C12H22N2O4. The smallest absolute Gasteiger partial charge is 0.329 e. The quantitative estimate of drug-likeness (QED) is 0.719. The number of carbonyl (C=O) groups is 2. The van der Waals surface area contributed by atoms with Crippen molar-refractivity contribution in [3.8, 4) is 0 Å². The minimum atomic E-state index is -1.00. The molecule has 1 saturated heterocycles. The summed E-state index contributed by atoms with van der Waals surface area (Å²) < 4.78 is 4.83. The van der Waals surface area contributed by atoms with Gasteiger partial charge in [-0.2, -0.15) is 0 Å². The van der Waals surface area contributed by atoms with Crippen molar-refractivity contribution in [2.24, 2.45) is 5.41 Å². The molecule has 0 radical (unpaired) electrons. The van der Waals surface area contributed by atoms with Gasteiger partial charge in [0.05, 0.1) is 6.61 Å². The first-order valence-corrected chi connectivity index (χ1v) is 6.23. The Labute approximate surface area is 107 Å². The van der Waals surface area contributed by atoms with Crippen LogP contribution in [0.2, 0.25) is 0 Å². The van der Waals surface area contributed by atoms with Crippen LogP contribution in [0.3, 0.4) is 0 Å². The molecule has 6 nitrogen and oxygen atoms in total. The van der Waals surface area contributed by atoms with Gasteiger partial charge in [-0.25, -0.2) is 9.59 Å². The third-order valence-corrected chi connectivity index (χ3v) is 3.15. The van der Waals surface area contributed by atoms with Gasteiger partial charge in [0, 0.05) is 19.6 Å². The monoisotopic (exact) mass is 258 g/mol. The topological polar surface area (TPSA) is 78.9 Å². The fourth-order valence-electron chi connectivity index (χ4n) is 1.82. The van der Waals surface area contributed by atoms with Gasteiger partial charge in [0.1, 0.15) is 6.61 Å². The molecule has 1 aliphatic heterocycles. The van der Waals surface area contributed by atoms with Gasteiger partial charge >= 0.3 is 12.0 Å². The van der Waals surface area contributed by atoms with Crippen LogP contribution in [0.15, 0.2) is 0 Å². The Hall–Kier alpha value is -1.30. The highest BCUT2D eigenvalue weighted by Gasteiger charge is 2.27. The van der Waals surface area contributed by atoms with E-state index in [0.29, 0.717) is 12.0 Å². The lowest BCUT2D eigenvalue weighted by Crippen LogP contribution is -2.46. The highest BCUT2D eigenvalue weighted by molar-refractivity contribution is 5.74. The Morgan fingerprint density at radius 1 is 1.33 bits per heavy atom. The van der Waals surface area contributed by atoms with Gasteiger partial charge < -0.3 is 20.1 Å². The number of carbonyl (C=O) groups excluding carboxylic acids is 1. The first kappa shape index (κ1) is 14.8. The van der Waals surface area contributed by atoms with Crippen LogP contribution in [0.4, 0.5) is 4.79 Å². The molecule has 2 N–H and O–H groups in total. The second kappa shape index (κ2) is 6.58. The van der Waals surface area contributed by atoms with Crippen molar-refractivity contribution in [2.75, 3.05) is 32.8 Å². The van der Waals surface area contributed by atoms with Crippen molar-refractivity contribution in [2.45, 2.75) is 26.7 Å². The summed E-state index contributed by atoms with van der Waals surface area (Å²) in [5.74, 6) is -1.00. The molecule has 0 aromatic carbocycles. The van der Waals surface area contributed by atoms with Crippen LogP contribution in [-0.2, 0) is 9.53 Å². The average molecular weight is 258 g/mol. The molecule has 0 atom stereocenters. The van der Waals surface area contributed by atoms with Crippen molar-refractivity contribution >= 4 is 12.0 Å². The molecule has 1 heterocycles. The molecule has 0 spiro atoms. The van der Waals surface area contributed by atoms with Crippen molar-refractivity contribution in [3.05, 3.63) is 0 Å². The molecular weight excluding hydrogens is 236 g/mol. The zero-order chi connectivity index (χ0) is 13.6. The Bertz CT molecular complexity index is 294. The highest BCUT2D eigenvalue weighted by atomic mass is 16.5. The summed E-state index contributed by atoms with van der Waals surface area (Å²) in [5.41, 5.74) is 0.321. The summed E-state index contributed by atoms with van der Waals surface area (Å²) in [6, 6.07) is -0.0931. The van der Waals surface area contributed by atoms with E-state index in [1.54, 1.807) is 4.90 Å². The average Bonchev–Trinajstić information content (AvgIpc) is 2.27. The van der Waals surface area contributed by atoms with E-state index in [4.69, 9.17) is 9.84 Å². The van der Waals surface area contributed by atoms with E-state index in [1.807, 2.05) is 0 Å². The summed E-state index contributed by atoms with van der Waals surface area (Å²) in [6.45, 7) is 6.20. The predicted molar refractivity (Wildman–Crippen MR) is 66.4 cm³/mol. The molecule has 0 saturated carbocycles. The van der Waals surface area contributed by atoms with Gasteiger partial charge in [0.25, 0.3) is 0 Å². The number of urea groups is 1. The number of piperidine rings is 1. The molecule has 1 fully saturated rings. The van der Waals surface area contributed by atoms with Crippen LogP contribution in [0, 0.1) is 5.41 Å². The van der Waals surface area contributed by atoms with Gasteiger partial charge in [0.2, 0.25) is 0 Å². The molecule has 104 valence electrons. The van der Waals surface area contributed by atoms with Gasteiger partial charge in [-0.05, 0) is 18.3 Å².